The van der Waals surface area contributed by atoms with Crippen LogP contribution in [0, 0.1) is 0 Å². The first-order valence-electron chi connectivity index (χ1n) is 7.60. The third kappa shape index (κ3) is 3.39. The van der Waals surface area contributed by atoms with Gasteiger partial charge in [-0.1, -0.05) is 26.2 Å². The van der Waals surface area contributed by atoms with Crippen LogP contribution < -0.4 is 10.6 Å². The molecule has 0 radical (unpaired) electrons. The second-order valence-corrected chi connectivity index (χ2v) is 5.83. The Bertz CT molecular complexity index is 460. The lowest BCUT2D eigenvalue weighted by molar-refractivity contribution is -0.117. The second kappa shape index (κ2) is 6.39. The summed E-state index contributed by atoms with van der Waals surface area (Å²) in [5.41, 5.74) is 1.78. The number of amides is 1. The largest absolute Gasteiger partial charge is 0.323 e. The first-order chi connectivity index (χ1) is 9.58. The zero-order valence-corrected chi connectivity index (χ0v) is 12.8. The maximum Gasteiger partial charge on any atom is 0.226 e. The molecule has 0 saturated heterocycles. The molecule has 0 bridgehead atoms. The fraction of sp³-hybridized carbons (Fsp3) is 0.733. The highest BCUT2D eigenvalue weighted by Crippen LogP contribution is 2.31. The summed E-state index contributed by atoms with van der Waals surface area (Å²) in [6.07, 6.45) is 9.13. The van der Waals surface area contributed by atoms with Crippen LogP contribution in [-0.2, 0) is 18.3 Å². The van der Waals surface area contributed by atoms with Crippen LogP contribution in [0.2, 0.25) is 0 Å². The van der Waals surface area contributed by atoms with Crippen molar-refractivity contribution in [2.45, 2.75) is 57.4 Å². The third-order valence-corrected chi connectivity index (χ3v) is 4.35. The lowest BCUT2D eigenvalue weighted by Crippen LogP contribution is -2.47. The molecule has 112 valence electrons. The average molecular weight is 278 g/mol. The highest BCUT2D eigenvalue weighted by molar-refractivity contribution is 5.92. The van der Waals surface area contributed by atoms with E-state index in [1.54, 1.807) is 4.68 Å². The number of nitrogens with one attached hydrogen (secondary N) is 2. The minimum absolute atomic E-state index is 0.0169. The summed E-state index contributed by atoms with van der Waals surface area (Å²) < 4.78 is 1.75. The summed E-state index contributed by atoms with van der Waals surface area (Å²) in [5.74, 6) is 0.0870. The molecule has 0 atom stereocenters. The SMILES string of the molecule is CCc1nn(C)cc1NC(=O)CC1(NC)CCCCC1. The Labute approximate surface area is 121 Å². The Hall–Kier alpha value is -1.36. The standard InChI is InChI=1S/C15H26N4O/c1-4-12-13(11-19(3)18-12)17-14(20)10-15(16-2)8-6-5-7-9-15/h11,16H,4-10H2,1-3H3,(H,17,20). The predicted molar refractivity (Wildman–Crippen MR) is 80.7 cm³/mol. The van der Waals surface area contributed by atoms with Gasteiger partial charge in [0.25, 0.3) is 0 Å². The van der Waals surface area contributed by atoms with Crippen LogP contribution >= 0.6 is 0 Å². The molecule has 1 aromatic heterocycles. The van der Waals surface area contributed by atoms with Gasteiger partial charge in [-0.3, -0.25) is 9.48 Å². The number of aromatic nitrogens is 2. The Morgan fingerprint density at radius 3 is 2.70 bits per heavy atom. The summed E-state index contributed by atoms with van der Waals surface area (Å²) in [5, 5.41) is 10.8. The van der Waals surface area contributed by atoms with Crippen molar-refractivity contribution in [2.24, 2.45) is 7.05 Å². The number of carbonyl (C=O) groups is 1. The van der Waals surface area contributed by atoms with Gasteiger partial charge in [-0.05, 0) is 26.3 Å². The first kappa shape index (κ1) is 15.0. The zero-order chi connectivity index (χ0) is 14.6. The summed E-state index contributed by atoms with van der Waals surface area (Å²) in [6.45, 7) is 2.05. The molecular formula is C15H26N4O. The molecule has 1 fully saturated rings. The molecule has 1 amide bonds. The molecule has 0 unspecified atom stereocenters. The van der Waals surface area contributed by atoms with Crippen molar-refractivity contribution in [1.29, 1.82) is 0 Å². The van der Waals surface area contributed by atoms with E-state index in [1.807, 2.05) is 27.2 Å². The number of carbonyl (C=O) groups excluding carboxylic acids is 1. The van der Waals surface area contributed by atoms with Gasteiger partial charge in [0.15, 0.2) is 0 Å². The van der Waals surface area contributed by atoms with Crippen LogP contribution in [0.5, 0.6) is 0 Å². The van der Waals surface area contributed by atoms with E-state index in [0.717, 1.165) is 30.6 Å². The third-order valence-electron chi connectivity index (χ3n) is 4.35. The molecule has 1 aliphatic rings. The first-order valence-corrected chi connectivity index (χ1v) is 7.60. The van der Waals surface area contributed by atoms with Crippen molar-refractivity contribution in [1.82, 2.24) is 15.1 Å². The molecule has 20 heavy (non-hydrogen) atoms. The number of hydrogen-bond acceptors (Lipinski definition) is 3. The molecule has 5 nitrogen and oxygen atoms in total. The minimum Gasteiger partial charge on any atom is -0.323 e. The van der Waals surface area contributed by atoms with Crippen LogP contribution in [0.1, 0.15) is 51.1 Å². The molecule has 0 aliphatic heterocycles. The van der Waals surface area contributed by atoms with E-state index in [2.05, 4.69) is 15.7 Å². The van der Waals surface area contributed by atoms with Gasteiger partial charge in [0, 0.05) is 25.2 Å². The highest BCUT2D eigenvalue weighted by Gasteiger charge is 2.32. The van der Waals surface area contributed by atoms with Gasteiger partial charge in [0.05, 0.1) is 11.4 Å². The maximum atomic E-state index is 12.3. The van der Waals surface area contributed by atoms with Gasteiger partial charge in [0.2, 0.25) is 5.91 Å². The van der Waals surface area contributed by atoms with E-state index in [4.69, 9.17) is 0 Å². The quantitative estimate of drug-likeness (QED) is 0.868. The number of aryl methyl sites for hydroxylation is 2. The van der Waals surface area contributed by atoms with E-state index in [0.29, 0.717) is 6.42 Å². The molecule has 2 rings (SSSR count). The van der Waals surface area contributed by atoms with Gasteiger partial charge >= 0.3 is 0 Å². The van der Waals surface area contributed by atoms with Crippen LogP contribution in [0.25, 0.3) is 0 Å². The average Bonchev–Trinajstić information content (AvgIpc) is 2.79. The van der Waals surface area contributed by atoms with Gasteiger partial charge in [-0.25, -0.2) is 0 Å². The normalized spacial score (nSPS) is 17.9. The van der Waals surface area contributed by atoms with Crippen molar-refractivity contribution >= 4 is 11.6 Å². The second-order valence-electron chi connectivity index (χ2n) is 5.83. The van der Waals surface area contributed by atoms with Crippen molar-refractivity contribution in [3.05, 3.63) is 11.9 Å². The molecule has 1 heterocycles. The number of anilines is 1. The lowest BCUT2D eigenvalue weighted by atomic mass is 9.79. The molecule has 1 aliphatic carbocycles. The van der Waals surface area contributed by atoms with Gasteiger partial charge in [-0.15, -0.1) is 0 Å². The fourth-order valence-electron chi connectivity index (χ4n) is 3.15. The van der Waals surface area contributed by atoms with E-state index >= 15 is 0 Å². The zero-order valence-electron chi connectivity index (χ0n) is 12.8. The van der Waals surface area contributed by atoms with Gasteiger partial charge in [0.1, 0.15) is 0 Å². The minimum atomic E-state index is -0.0169. The maximum absolute atomic E-state index is 12.3. The summed E-state index contributed by atoms with van der Waals surface area (Å²) >= 11 is 0. The fourth-order valence-corrected chi connectivity index (χ4v) is 3.15. The van der Waals surface area contributed by atoms with E-state index in [9.17, 15) is 4.79 Å². The van der Waals surface area contributed by atoms with Crippen LogP contribution in [-0.4, -0.2) is 28.3 Å². The molecule has 1 aromatic rings. The highest BCUT2D eigenvalue weighted by atomic mass is 16.1. The Morgan fingerprint density at radius 2 is 2.10 bits per heavy atom. The Kier molecular flexibility index (Phi) is 4.81. The van der Waals surface area contributed by atoms with Gasteiger partial charge < -0.3 is 10.6 Å². The predicted octanol–water partition coefficient (Wildman–Crippen LogP) is 2.23. The summed E-state index contributed by atoms with van der Waals surface area (Å²) in [6, 6.07) is 0. The van der Waals surface area contributed by atoms with Crippen molar-refractivity contribution in [2.75, 3.05) is 12.4 Å². The number of hydrogen-bond donors (Lipinski definition) is 2. The van der Waals surface area contributed by atoms with E-state index in [-0.39, 0.29) is 11.4 Å². The number of rotatable bonds is 5. The van der Waals surface area contributed by atoms with Crippen molar-refractivity contribution < 1.29 is 4.79 Å². The Balaban J connectivity index is 2.00. The summed E-state index contributed by atoms with van der Waals surface area (Å²) in [4.78, 5) is 12.3. The molecule has 5 heteroatoms. The molecule has 2 N–H and O–H groups in total. The van der Waals surface area contributed by atoms with Crippen molar-refractivity contribution in [3.63, 3.8) is 0 Å². The smallest absolute Gasteiger partial charge is 0.226 e. The van der Waals surface area contributed by atoms with E-state index in [1.165, 1.54) is 19.3 Å². The van der Waals surface area contributed by atoms with E-state index < -0.39 is 0 Å². The summed E-state index contributed by atoms with van der Waals surface area (Å²) in [7, 11) is 3.85. The topological polar surface area (TPSA) is 59.0 Å². The van der Waals surface area contributed by atoms with Gasteiger partial charge in [-0.2, -0.15) is 5.10 Å². The van der Waals surface area contributed by atoms with Crippen LogP contribution in [0.4, 0.5) is 5.69 Å². The lowest BCUT2D eigenvalue weighted by Gasteiger charge is -2.36. The molecular weight excluding hydrogens is 252 g/mol. The molecule has 0 aromatic carbocycles. The Morgan fingerprint density at radius 1 is 1.40 bits per heavy atom. The molecule has 1 saturated carbocycles. The van der Waals surface area contributed by atoms with Crippen LogP contribution in [0.3, 0.4) is 0 Å². The van der Waals surface area contributed by atoms with Crippen LogP contribution in [0.15, 0.2) is 6.20 Å². The van der Waals surface area contributed by atoms with Crippen molar-refractivity contribution in [3.8, 4) is 0 Å². The molecule has 0 spiro atoms. The monoisotopic (exact) mass is 278 g/mol. The number of nitrogens with zero attached hydrogens (tertiary/aromatic N) is 2.